The number of nitrogens with one attached hydrogen (secondary N) is 2. The predicted molar refractivity (Wildman–Crippen MR) is 80.0 cm³/mol. The Kier molecular flexibility index (Phi) is 3.94. The molecule has 19 heavy (non-hydrogen) atoms. The highest BCUT2D eigenvalue weighted by molar-refractivity contribution is 7.99. The Bertz CT molecular complexity index is 505. The van der Waals surface area contributed by atoms with Crippen LogP contribution >= 0.6 is 35.0 Å². The molecule has 2 aliphatic rings. The number of carbonyl (C=O) groups is 1. The van der Waals surface area contributed by atoms with Crippen LogP contribution in [-0.4, -0.2) is 29.6 Å². The highest BCUT2D eigenvalue weighted by Crippen LogP contribution is 2.45. The van der Waals surface area contributed by atoms with Crippen LogP contribution in [0.25, 0.3) is 0 Å². The van der Waals surface area contributed by atoms with Crippen molar-refractivity contribution in [2.24, 2.45) is 0 Å². The second-order valence-electron chi connectivity index (χ2n) is 4.87. The zero-order valence-corrected chi connectivity index (χ0v) is 12.5. The highest BCUT2D eigenvalue weighted by Gasteiger charge is 2.42. The van der Waals surface area contributed by atoms with Gasteiger partial charge >= 0.3 is 0 Å². The Hall–Kier alpha value is -0.420. The van der Waals surface area contributed by atoms with Crippen LogP contribution in [-0.2, 0) is 4.79 Å². The molecule has 1 aromatic rings. The van der Waals surface area contributed by atoms with E-state index >= 15 is 0 Å². The first-order valence-corrected chi connectivity index (χ1v) is 8.13. The molecule has 1 aliphatic heterocycles. The lowest BCUT2D eigenvalue weighted by Crippen LogP contribution is -2.43. The van der Waals surface area contributed by atoms with Gasteiger partial charge in [0.1, 0.15) is 0 Å². The minimum Gasteiger partial charge on any atom is -0.351 e. The Morgan fingerprint density at radius 1 is 1.42 bits per heavy atom. The summed E-state index contributed by atoms with van der Waals surface area (Å²) < 4.78 is 0. The predicted octanol–water partition coefficient (Wildman–Crippen LogP) is 2.63. The van der Waals surface area contributed by atoms with Crippen molar-refractivity contribution in [1.82, 2.24) is 10.6 Å². The summed E-state index contributed by atoms with van der Waals surface area (Å²) in [6.45, 7) is 0. The van der Waals surface area contributed by atoms with Gasteiger partial charge in [0, 0.05) is 23.6 Å². The molecule has 1 saturated carbocycles. The van der Waals surface area contributed by atoms with Crippen LogP contribution in [0.5, 0.6) is 0 Å². The number of hydrogen-bond donors (Lipinski definition) is 2. The topological polar surface area (TPSA) is 41.1 Å². The van der Waals surface area contributed by atoms with E-state index in [1.54, 1.807) is 17.8 Å². The zero-order valence-electron chi connectivity index (χ0n) is 10.2. The van der Waals surface area contributed by atoms with Crippen LogP contribution in [0, 0.1) is 0 Å². The fourth-order valence-electron chi connectivity index (χ4n) is 2.35. The average Bonchev–Trinajstić information content (AvgIpc) is 2.93. The van der Waals surface area contributed by atoms with Crippen LogP contribution in [0.15, 0.2) is 18.2 Å². The van der Waals surface area contributed by atoms with Crippen molar-refractivity contribution in [2.45, 2.75) is 24.4 Å². The summed E-state index contributed by atoms with van der Waals surface area (Å²) in [5, 5.41) is 7.43. The van der Waals surface area contributed by atoms with E-state index in [0.717, 1.165) is 23.6 Å². The van der Waals surface area contributed by atoms with Gasteiger partial charge in [0.15, 0.2) is 0 Å². The van der Waals surface area contributed by atoms with E-state index in [0.29, 0.717) is 16.0 Å². The van der Waals surface area contributed by atoms with Gasteiger partial charge in [0.2, 0.25) is 5.91 Å². The molecule has 102 valence electrons. The monoisotopic (exact) mass is 316 g/mol. The van der Waals surface area contributed by atoms with Crippen molar-refractivity contribution >= 4 is 40.9 Å². The van der Waals surface area contributed by atoms with E-state index in [4.69, 9.17) is 23.2 Å². The minimum atomic E-state index is -0.0546. The third kappa shape index (κ3) is 2.87. The molecule has 1 amide bonds. The van der Waals surface area contributed by atoms with E-state index in [2.05, 4.69) is 10.6 Å². The average molecular weight is 317 g/mol. The van der Waals surface area contributed by atoms with Crippen LogP contribution in [0.3, 0.4) is 0 Å². The Morgan fingerprint density at radius 2 is 2.26 bits per heavy atom. The van der Waals surface area contributed by atoms with Gasteiger partial charge in [-0.3, -0.25) is 10.1 Å². The molecule has 0 aromatic heterocycles. The Morgan fingerprint density at radius 3 is 3.00 bits per heavy atom. The fraction of sp³-hybridized carbons (Fsp3) is 0.462. The molecule has 0 radical (unpaired) electrons. The van der Waals surface area contributed by atoms with Crippen molar-refractivity contribution in [2.75, 3.05) is 11.6 Å². The molecule has 2 N–H and O–H groups in total. The minimum absolute atomic E-state index is 0.0546. The van der Waals surface area contributed by atoms with Crippen molar-refractivity contribution in [3.05, 3.63) is 33.8 Å². The number of carbonyl (C=O) groups excluding carboxylic acids is 1. The lowest BCUT2D eigenvalue weighted by atomic mass is 10.1. The summed E-state index contributed by atoms with van der Waals surface area (Å²) in [6, 6.07) is 5.80. The lowest BCUT2D eigenvalue weighted by molar-refractivity contribution is -0.122. The molecule has 0 spiro atoms. The molecule has 0 unspecified atom stereocenters. The van der Waals surface area contributed by atoms with Crippen molar-refractivity contribution in [3.8, 4) is 0 Å². The smallest absolute Gasteiger partial charge is 0.238 e. The van der Waals surface area contributed by atoms with Crippen LogP contribution in [0.1, 0.15) is 17.9 Å². The van der Waals surface area contributed by atoms with Crippen molar-refractivity contribution in [1.29, 1.82) is 0 Å². The summed E-state index contributed by atoms with van der Waals surface area (Å²) in [6.07, 6.45) is 0.936. The molecule has 3 nitrogen and oxygen atoms in total. The third-order valence-electron chi connectivity index (χ3n) is 3.53. The van der Waals surface area contributed by atoms with Crippen LogP contribution in [0.4, 0.5) is 0 Å². The molecule has 1 aromatic carbocycles. The van der Waals surface area contributed by atoms with E-state index in [9.17, 15) is 4.79 Å². The van der Waals surface area contributed by atoms with E-state index in [1.807, 2.05) is 12.1 Å². The molecule has 3 atom stereocenters. The maximum atomic E-state index is 12.0. The second kappa shape index (κ2) is 5.52. The zero-order chi connectivity index (χ0) is 13.4. The first-order chi connectivity index (χ1) is 9.16. The van der Waals surface area contributed by atoms with E-state index in [-0.39, 0.29) is 18.0 Å². The largest absolute Gasteiger partial charge is 0.351 e. The Balaban J connectivity index is 1.61. The molecule has 0 bridgehead atoms. The SMILES string of the molecule is O=C(N[C@H]1C[C@H]1c1cccc(Cl)c1Cl)[C@H]1CSCN1. The summed E-state index contributed by atoms with van der Waals surface area (Å²) in [7, 11) is 0. The number of rotatable bonds is 3. The number of hydrogen-bond acceptors (Lipinski definition) is 3. The number of amides is 1. The van der Waals surface area contributed by atoms with Gasteiger partial charge in [-0.05, 0) is 18.1 Å². The second-order valence-corrected chi connectivity index (χ2v) is 6.69. The molecular formula is C13H14Cl2N2OS. The number of thioether (sulfide) groups is 1. The number of halogens is 2. The maximum absolute atomic E-state index is 12.0. The van der Waals surface area contributed by atoms with Gasteiger partial charge in [0.05, 0.1) is 16.1 Å². The fourth-order valence-corrected chi connectivity index (χ4v) is 3.74. The number of benzene rings is 1. The molecular weight excluding hydrogens is 303 g/mol. The normalized spacial score (nSPS) is 29.3. The van der Waals surface area contributed by atoms with Crippen LogP contribution in [0.2, 0.25) is 10.0 Å². The van der Waals surface area contributed by atoms with E-state index < -0.39 is 0 Å². The molecule has 1 saturated heterocycles. The molecule has 6 heteroatoms. The van der Waals surface area contributed by atoms with Gasteiger partial charge < -0.3 is 5.32 Å². The van der Waals surface area contributed by atoms with Gasteiger partial charge in [-0.25, -0.2) is 0 Å². The van der Waals surface area contributed by atoms with Gasteiger partial charge in [-0.1, -0.05) is 35.3 Å². The van der Waals surface area contributed by atoms with Gasteiger partial charge in [-0.2, -0.15) is 0 Å². The molecule has 3 rings (SSSR count). The summed E-state index contributed by atoms with van der Waals surface area (Å²) in [5.41, 5.74) is 1.04. The van der Waals surface area contributed by atoms with Crippen molar-refractivity contribution < 1.29 is 4.79 Å². The van der Waals surface area contributed by atoms with E-state index in [1.165, 1.54) is 0 Å². The summed E-state index contributed by atoms with van der Waals surface area (Å²) in [5.74, 6) is 2.09. The Labute approximate surface area is 126 Å². The first kappa shape index (κ1) is 13.6. The summed E-state index contributed by atoms with van der Waals surface area (Å²) >= 11 is 14.0. The molecule has 1 heterocycles. The van der Waals surface area contributed by atoms with Crippen molar-refractivity contribution in [3.63, 3.8) is 0 Å². The lowest BCUT2D eigenvalue weighted by Gasteiger charge is -2.11. The highest BCUT2D eigenvalue weighted by atomic mass is 35.5. The summed E-state index contributed by atoms with van der Waals surface area (Å²) in [4.78, 5) is 12.0. The quantitative estimate of drug-likeness (QED) is 0.900. The standard InChI is InChI=1S/C13H14Cl2N2OS/c14-9-3-1-2-7(12(9)15)8-4-10(8)17-13(18)11-5-19-6-16-11/h1-3,8,10-11,16H,4-6H2,(H,17,18)/t8-,10-,11+/m0/s1. The van der Waals surface area contributed by atoms with Gasteiger partial charge in [0.25, 0.3) is 0 Å². The molecule has 2 fully saturated rings. The van der Waals surface area contributed by atoms with Crippen LogP contribution < -0.4 is 10.6 Å². The first-order valence-electron chi connectivity index (χ1n) is 6.22. The van der Waals surface area contributed by atoms with Gasteiger partial charge in [-0.15, -0.1) is 11.8 Å². The maximum Gasteiger partial charge on any atom is 0.238 e. The third-order valence-corrected chi connectivity index (χ3v) is 5.31. The molecule has 1 aliphatic carbocycles.